The van der Waals surface area contributed by atoms with E-state index in [4.69, 9.17) is 0 Å². The van der Waals surface area contributed by atoms with Crippen molar-refractivity contribution in [2.75, 3.05) is 14.1 Å². The molecular weight excluding hydrogens is 184 g/mol. The first-order valence-electron chi connectivity index (χ1n) is 5.16. The molecule has 0 amide bonds. The molecule has 2 rings (SSSR count). The minimum Gasteiger partial charge on any atom is -0.305 e. The van der Waals surface area contributed by atoms with Crippen LogP contribution in [0.15, 0.2) is 30.5 Å². The number of hydrogen-bond donors (Lipinski definition) is 0. The molecule has 0 spiro atoms. The van der Waals surface area contributed by atoms with Crippen molar-refractivity contribution in [3.8, 4) is 0 Å². The third kappa shape index (κ3) is 2.00. The van der Waals surface area contributed by atoms with Crippen molar-refractivity contribution in [3.63, 3.8) is 0 Å². The topological polar surface area (TPSA) is 16.1 Å². The predicted octanol–water partition coefficient (Wildman–Crippen LogP) is 2.60. The summed E-state index contributed by atoms with van der Waals surface area (Å²) in [5, 5.41) is 2.58. The Morgan fingerprint density at radius 1 is 1.20 bits per heavy atom. The highest BCUT2D eigenvalue weighted by atomic mass is 15.0. The van der Waals surface area contributed by atoms with Crippen molar-refractivity contribution >= 4 is 10.8 Å². The zero-order valence-corrected chi connectivity index (χ0v) is 9.49. The third-order valence-corrected chi connectivity index (χ3v) is 2.55. The van der Waals surface area contributed by atoms with E-state index < -0.39 is 0 Å². The molecule has 0 atom stereocenters. The molecule has 0 bridgehead atoms. The van der Waals surface area contributed by atoms with Crippen LogP contribution in [0.25, 0.3) is 10.8 Å². The lowest BCUT2D eigenvalue weighted by Gasteiger charge is -2.13. The van der Waals surface area contributed by atoms with E-state index in [0.29, 0.717) is 0 Å². The molecule has 0 aliphatic heterocycles. The highest BCUT2D eigenvalue weighted by molar-refractivity contribution is 5.87. The molecule has 0 fully saturated rings. The molecule has 0 saturated heterocycles. The van der Waals surface area contributed by atoms with Crippen LogP contribution in [0.4, 0.5) is 0 Å². The van der Waals surface area contributed by atoms with E-state index in [0.717, 1.165) is 12.2 Å². The van der Waals surface area contributed by atoms with E-state index in [9.17, 15) is 0 Å². The van der Waals surface area contributed by atoms with Gasteiger partial charge in [-0.15, -0.1) is 0 Å². The molecule has 78 valence electrons. The van der Waals surface area contributed by atoms with Gasteiger partial charge in [0.15, 0.2) is 0 Å². The lowest BCUT2D eigenvalue weighted by Crippen LogP contribution is -2.11. The van der Waals surface area contributed by atoms with Gasteiger partial charge in [0.25, 0.3) is 0 Å². The Labute approximate surface area is 90.6 Å². The second-order valence-electron chi connectivity index (χ2n) is 4.15. The lowest BCUT2D eigenvalue weighted by atomic mass is 10.0. The summed E-state index contributed by atoms with van der Waals surface area (Å²) in [6.07, 6.45) is 1.87. The summed E-state index contributed by atoms with van der Waals surface area (Å²) in [6.45, 7) is 3.03. The monoisotopic (exact) mass is 200 g/mol. The number of benzene rings is 1. The fraction of sp³-hybridized carbons (Fsp3) is 0.308. The fourth-order valence-electron chi connectivity index (χ4n) is 1.97. The zero-order chi connectivity index (χ0) is 10.8. The summed E-state index contributed by atoms with van der Waals surface area (Å²) >= 11 is 0. The minimum absolute atomic E-state index is 0.962. The highest BCUT2D eigenvalue weighted by Crippen LogP contribution is 2.21. The fourth-order valence-corrected chi connectivity index (χ4v) is 1.97. The molecule has 0 unspecified atom stereocenters. The van der Waals surface area contributed by atoms with Crippen LogP contribution in [-0.4, -0.2) is 24.0 Å². The molecule has 1 heterocycles. The second kappa shape index (κ2) is 3.99. The van der Waals surface area contributed by atoms with Gasteiger partial charge in [-0.2, -0.15) is 0 Å². The normalized spacial score (nSPS) is 11.2. The Bertz CT molecular complexity index is 470. The third-order valence-electron chi connectivity index (χ3n) is 2.55. The molecule has 0 aliphatic carbocycles. The molecular formula is C13H16N2. The smallest absolute Gasteiger partial charge is 0.0454 e. The van der Waals surface area contributed by atoms with Gasteiger partial charge in [-0.25, -0.2) is 0 Å². The second-order valence-corrected chi connectivity index (χ2v) is 4.15. The number of aromatic nitrogens is 1. The van der Waals surface area contributed by atoms with Gasteiger partial charge in [0.1, 0.15) is 0 Å². The van der Waals surface area contributed by atoms with Gasteiger partial charge in [-0.05, 0) is 38.0 Å². The van der Waals surface area contributed by atoms with E-state index in [1.54, 1.807) is 0 Å². The first kappa shape index (κ1) is 10.1. The van der Waals surface area contributed by atoms with E-state index in [1.807, 2.05) is 6.20 Å². The number of fused-ring (bicyclic) bond motifs is 1. The highest BCUT2D eigenvalue weighted by Gasteiger charge is 2.04. The quantitative estimate of drug-likeness (QED) is 0.740. The van der Waals surface area contributed by atoms with Gasteiger partial charge in [0.2, 0.25) is 0 Å². The summed E-state index contributed by atoms with van der Waals surface area (Å²) in [4.78, 5) is 6.54. The number of aryl methyl sites for hydroxylation is 1. The summed E-state index contributed by atoms with van der Waals surface area (Å²) in [6, 6.07) is 8.50. The predicted molar refractivity (Wildman–Crippen MR) is 63.9 cm³/mol. The molecule has 0 aliphatic rings. The zero-order valence-electron chi connectivity index (χ0n) is 9.49. The Hall–Kier alpha value is -1.41. The van der Waals surface area contributed by atoms with Gasteiger partial charge < -0.3 is 4.90 Å². The van der Waals surface area contributed by atoms with Crippen molar-refractivity contribution in [2.24, 2.45) is 0 Å². The molecule has 0 saturated carbocycles. The average molecular weight is 200 g/mol. The van der Waals surface area contributed by atoms with Crippen molar-refractivity contribution in [1.29, 1.82) is 0 Å². The Morgan fingerprint density at radius 2 is 2.00 bits per heavy atom. The molecule has 1 aromatic carbocycles. The van der Waals surface area contributed by atoms with Crippen molar-refractivity contribution in [1.82, 2.24) is 9.88 Å². The van der Waals surface area contributed by atoms with Crippen LogP contribution in [0, 0.1) is 6.92 Å². The Balaban J connectivity index is 2.63. The number of nitrogens with zero attached hydrogens (tertiary/aromatic N) is 2. The first-order valence-corrected chi connectivity index (χ1v) is 5.16. The molecule has 2 aromatic rings. The largest absolute Gasteiger partial charge is 0.305 e. The van der Waals surface area contributed by atoms with Gasteiger partial charge in [-0.3, -0.25) is 4.98 Å². The first-order chi connectivity index (χ1) is 7.18. The van der Waals surface area contributed by atoms with Crippen LogP contribution in [-0.2, 0) is 6.54 Å². The lowest BCUT2D eigenvalue weighted by molar-refractivity contribution is 0.404. The molecule has 1 aromatic heterocycles. The molecule has 2 heteroatoms. The van der Waals surface area contributed by atoms with Gasteiger partial charge in [0.05, 0.1) is 0 Å². The van der Waals surface area contributed by atoms with Gasteiger partial charge in [0, 0.05) is 23.8 Å². The Kier molecular flexibility index (Phi) is 2.69. The van der Waals surface area contributed by atoms with E-state index in [1.165, 1.54) is 16.3 Å². The summed E-state index contributed by atoms with van der Waals surface area (Å²) in [5.74, 6) is 0. The van der Waals surface area contributed by atoms with Crippen LogP contribution >= 0.6 is 0 Å². The molecule has 0 radical (unpaired) electrons. The van der Waals surface area contributed by atoms with Gasteiger partial charge in [-0.1, -0.05) is 18.2 Å². The van der Waals surface area contributed by atoms with Gasteiger partial charge >= 0.3 is 0 Å². The van der Waals surface area contributed by atoms with Crippen LogP contribution in [0.5, 0.6) is 0 Å². The van der Waals surface area contributed by atoms with Crippen molar-refractivity contribution in [3.05, 3.63) is 41.7 Å². The number of pyridine rings is 1. The van der Waals surface area contributed by atoms with Crippen LogP contribution in [0.2, 0.25) is 0 Å². The van der Waals surface area contributed by atoms with Crippen molar-refractivity contribution < 1.29 is 0 Å². The average Bonchev–Trinajstić information content (AvgIpc) is 2.17. The summed E-state index contributed by atoms with van der Waals surface area (Å²) in [7, 11) is 4.18. The minimum atomic E-state index is 0.962. The standard InChI is InChI=1S/C13H16N2/c1-10-13-11(7-8-14-10)5-4-6-12(13)9-15(2)3/h4-8H,9H2,1-3H3. The summed E-state index contributed by atoms with van der Waals surface area (Å²) < 4.78 is 0. The van der Waals surface area contributed by atoms with Crippen LogP contribution in [0.3, 0.4) is 0 Å². The molecule has 2 nitrogen and oxygen atoms in total. The van der Waals surface area contributed by atoms with E-state index >= 15 is 0 Å². The number of rotatable bonds is 2. The number of hydrogen-bond acceptors (Lipinski definition) is 2. The summed E-state index contributed by atoms with van der Waals surface area (Å²) in [5.41, 5.74) is 2.47. The van der Waals surface area contributed by atoms with E-state index in [2.05, 4.69) is 55.2 Å². The maximum atomic E-state index is 4.36. The SMILES string of the molecule is Cc1nccc2cccc(CN(C)C)c12. The molecule has 15 heavy (non-hydrogen) atoms. The Morgan fingerprint density at radius 3 is 2.73 bits per heavy atom. The maximum absolute atomic E-state index is 4.36. The van der Waals surface area contributed by atoms with Crippen LogP contribution in [0.1, 0.15) is 11.3 Å². The molecule has 0 N–H and O–H groups in total. The van der Waals surface area contributed by atoms with E-state index in [-0.39, 0.29) is 0 Å². The maximum Gasteiger partial charge on any atom is 0.0454 e. The van der Waals surface area contributed by atoms with Crippen molar-refractivity contribution in [2.45, 2.75) is 13.5 Å². The van der Waals surface area contributed by atoms with Crippen LogP contribution < -0.4 is 0 Å².